The van der Waals surface area contributed by atoms with Gasteiger partial charge in [0.1, 0.15) is 11.5 Å². The van der Waals surface area contributed by atoms with Gasteiger partial charge >= 0.3 is 0 Å². The molecule has 1 aliphatic rings. The van der Waals surface area contributed by atoms with E-state index in [9.17, 15) is 22.7 Å². The Morgan fingerprint density at radius 1 is 0.973 bits per heavy atom. The molecule has 0 aliphatic heterocycles. The predicted octanol–water partition coefficient (Wildman–Crippen LogP) is 9.84. The maximum atomic E-state index is 14.9. The first-order valence-corrected chi connectivity index (χ1v) is 12.5. The Hall–Kier alpha value is -3.28. The van der Waals surface area contributed by atoms with E-state index < -0.39 is 23.3 Å². The Kier molecular flexibility index (Phi) is 11.7. The van der Waals surface area contributed by atoms with Gasteiger partial charge in [-0.15, -0.1) is 6.58 Å². The second kappa shape index (κ2) is 14.5. The number of hydrogen-bond donors (Lipinski definition) is 1. The van der Waals surface area contributed by atoms with Crippen molar-refractivity contribution in [3.05, 3.63) is 102 Å². The van der Waals surface area contributed by atoms with Gasteiger partial charge in [-0.05, 0) is 85.6 Å². The first-order valence-electron chi connectivity index (χ1n) is 12.5. The van der Waals surface area contributed by atoms with E-state index in [0.29, 0.717) is 36.8 Å². The van der Waals surface area contributed by atoms with Crippen molar-refractivity contribution in [2.75, 3.05) is 7.11 Å². The fraction of sp³-hybridized carbons (Fsp3) is 0.355. The summed E-state index contributed by atoms with van der Waals surface area (Å²) in [6, 6.07) is 9.16. The molecule has 0 heterocycles. The first-order chi connectivity index (χ1) is 17.6. The van der Waals surface area contributed by atoms with Gasteiger partial charge in [0.05, 0.1) is 7.11 Å². The quantitative estimate of drug-likeness (QED) is 0.156. The average Bonchev–Trinajstić information content (AvgIpc) is 2.93. The van der Waals surface area contributed by atoms with E-state index in [1.54, 1.807) is 24.3 Å². The summed E-state index contributed by atoms with van der Waals surface area (Å²) in [6.45, 7) is 12.5. The molecule has 0 amide bonds. The van der Waals surface area contributed by atoms with E-state index in [2.05, 4.69) is 31.4 Å². The number of ether oxygens (including phenoxy) is 1. The summed E-state index contributed by atoms with van der Waals surface area (Å²) in [6.07, 6.45) is 6.87. The Bertz CT molecular complexity index is 1110. The number of aromatic hydroxyl groups is 1. The smallest absolute Gasteiger partial charge is 0.200 e. The van der Waals surface area contributed by atoms with Crippen LogP contribution in [-0.2, 0) is 4.74 Å². The maximum absolute atomic E-state index is 14.9. The van der Waals surface area contributed by atoms with Crippen LogP contribution in [0.4, 0.5) is 17.6 Å². The summed E-state index contributed by atoms with van der Waals surface area (Å²) in [5.41, 5.74) is 1.08. The Labute approximate surface area is 217 Å². The highest BCUT2D eigenvalue weighted by Gasteiger charge is 2.27. The third-order valence-electron chi connectivity index (χ3n) is 6.71. The molecule has 1 aliphatic carbocycles. The van der Waals surface area contributed by atoms with Crippen molar-refractivity contribution in [3.8, 4) is 16.9 Å². The van der Waals surface area contributed by atoms with E-state index in [0.717, 1.165) is 19.3 Å². The highest BCUT2D eigenvalue weighted by Crippen LogP contribution is 2.41. The summed E-state index contributed by atoms with van der Waals surface area (Å²) in [5.74, 6) is -4.03. The van der Waals surface area contributed by atoms with E-state index in [4.69, 9.17) is 0 Å². The summed E-state index contributed by atoms with van der Waals surface area (Å²) < 4.78 is 62.2. The second-order valence-corrected chi connectivity index (χ2v) is 9.19. The summed E-state index contributed by atoms with van der Waals surface area (Å²) in [7, 11) is 1.21. The SMILES string of the molecule is C=C(CCC1CCC(c2ccc(-c3ccc(O)cc3)c(F)c2F)CC1)/C(F)=C(/F)C(=C)OC.C=CCC. The lowest BCUT2D eigenvalue weighted by Crippen LogP contribution is -2.15. The van der Waals surface area contributed by atoms with Crippen molar-refractivity contribution in [2.24, 2.45) is 5.92 Å². The van der Waals surface area contributed by atoms with Crippen molar-refractivity contribution in [1.82, 2.24) is 0 Å². The second-order valence-electron chi connectivity index (χ2n) is 9.19. The van der Waals surface area contributed by atoms with E-state index in [-0.39, 0.29) is 34.5 Å². The molecule has 0 unspecified atom stereocenters. The lowest BCUT2D eigenvalue weighted by molar-refractivity contribution is 0.280. The van der Waals surface area contributed by atoms with Gasteiger partial charge in [-0.2, -0.15) is 4.39 Å². The molecule has 2 aromatic rings. The van der Waals surface area contributed by atoms with E-state index in [1.807, 2.05) is 6.08 Å². The van der Waals surface area contributed by atoms with Gasteiger partial charge in [0, 0.05) is 5.56 Å². The molecule has 6 heteroatoms. The fourth-order valence-corrected chi connectivity index (χ4v) is 4.36. The molecule has 2 aromatic carbocycles. The van der Waals surface area contributed by atoms with Crippen LogP contribution in [0.5, 0.6) is 5.75 Å². The molecule has 0 saturated heterocycles. The van der Waals surface area contributed by atoms with Crippen LogP contribution in [-0.4, -0.2) is 12.2 Å². The number of phenols is 1. The summed E-state index contributed by atoms with van der Waals surface area (Å²) >= 11 is 0. The van der Waals surface area contributed by atoms with Crippen LogP contribution in [0.2, 0.25) is 0 Å². The predicted molar refractivity (Wildman–Crippen MR) is 142 cm³/mol. The summed E-state index contributed by atoms with van der Waals surface area (Å²) in [4.78, 5) is 0. The zero-order valence-electron chi connectivity index (χ0n) is 21.6. The number of rotatable bonds is 9. The number of phenolic OH excluding ortho intramolecular Hbond substituents is 1. The lowest BCUT2D eigenvalue weighted by Gasteiger charge is -2.29. The molecule has 0 spiro atoms. The first kappa shape index (κ1) is 29.9. The molecule has 0 atom stereocenters. The molecule has 1 fully saturated rings. The van der Waals surface area contributed by atoms with Crippen LogP contribution in [0.1, 0.15) is 63.4 Å². The highest BCUT2D eigenvalue weighted by atomic mass is 19.2. The topological polar surface area (TPSA) is 29.5 Å². The molecule has 0 aromatic heterocycles. The largest absolute Gasteiger partial charge is 0.508 e. The average molecular weight is 517 g/mol. The van der Waals surface area contributed by atoms with Crippen molar-refractivity contribution in [1.29, 1.82) is 0 Å². The molecule has 1 saturated carbocycles. The van der Waals surface area contributed by atoms with Crippen LogP contribution in [0.15, 0.2) is 85.2 Å². The van der Waals surface area contributed by atoms with Crippen molar-refractivity contribution in [2.45, 2.75) is 57.8 Å². The van der Waals surface area contributed by atoms with Gasteiger partial charge in [-0.3, -0.25) is 0 Å². The molecule has 0 radical (unpaired) electrons. The van der Waals surface area contributed by atoms with Crippen LogP contribution in [0.25, 0.3) is 11.1 Å². The molecule has 3 rings (SSSR count). The molecule has 200 valence electrons. The van der Waals surface area contributed by atoms with E-state index in [1.165, 1.54) is 19.2 Å². The van der Waals surface area contributed by atoms with Gasteiger partial charge < -0.3 is 9.84 Å². The number of hydrogen-bond acceptors (Lipinski definition) is 2. The van der Waals surface area contributed by atoms with Crippen molar-refractivity contribution < 1.29 is 27.4 Å². The zero-order chi connectivity index (χ0) is 27.5. The number of allylic oxidation sites excluding steroid dienone is 4. The van der Waals surface area contributed by atoms with Crippen molar-refractivity contribution >= 4 is 0 Å². The monoisotopic (exact) mass is 516 g/mol. The third kappa shape index (κ3) is 8.11. The molecule has 0 bridgehead atoms. The Morgan fingerprint density at radius 3 is 2.11 bits per heavy atom. The van der Waals surface area contributed by atoms with Gasteiger partial charge in [0.2, 0.25) is 0 Å². The van der Waals surface area contributed by atoms with Crippen LogP contribution in [0.3, 0.4) is 0 Å². The number of benzene rings is 2. The normalized spacial score (nSPS) is 17.7. The fourth-order valence-electron chi connectivity index (χ4n) is 4.36. The van der Waals surface area contributed by atoms with Gasteiger partial charge in [0.25, 0.3) is 0 Å². The summed E-state index contributed by atoms with van der Waals surface area (Å²) in [5, 5.41) is 9.40. The standard InChI is InChI=1S/C27H28F4O2.C4H8/c1-16(24(28)25(29)17(2)33-3)4-5-18-6-8-19(9-7-18)22-14-15-23(27(31)26(22)30)20-10-12-21(32)13-11-20;1-3-4-2/h10-15,18-19,32H,1-2,4-9H2,3H3;3H,1,4H2,2H3/b25-24-;. The van der Waals surface area contributed by atoms with Crippen molar-refractivity contribution in [3.63, 3.8) is 0 Å². The molecule has 37 heavy (non-hydrogen) atoms. The maximum Gasteiger partial charge on any atom is 0.200 e. The van der Waals surface area contributed by atoms with Crippen LogP contribution < -0.4 is 0 Å². The minimum atomic E-state index is -1.14. The minimum Gasteiger partial charge on any atom is -0.508 e. The number of methoxy groups -OCH3 is 1. The zero-order valence-corrected chi connectivity index (χ0v) is 21.6. The van der Waals surface area contributed by atoms with Crippen LogP contribution >= 0.6 is 0 Å². The van der Waals surface area contributed by atoms with Gasteiger partial charge in [0.15, 0.2) is 23.3 Å². The molecular formula is C31H36F4O2. The molecule has 2 nitrogen and oxygen atoms in total. The molecule has 1 N–H and O–H groups in total. The van der Waals surface area contributed by atoms with Gasteiger partial charge in [-0.1, -0.05) is 50.4 Å². The highest BCUT2D eigenvalue weighted by molar-refractivity contribution is 5.65. The lowest BCUT2D eigenvalue weighted by atomic mass is 9.76. The van der Waals surface area contributed by atoms with E-state index >= 15 is 0 Å². The Balaban J connectivity index is 0.00000112. The molecular weight excluding hydrogens is 480 g/mol. The third-order valence-corrected chi connectivity index (χ3v) is 6.71. The van der Waals surface area contributed by atoms with Gasteiger partial charge in [-0.25, -0.2) is 13.2 Å². The Morgan fingerprint density at radius 2 is 1.57 bits per heavy atom. The van der Waals surface area contributed by atoms with Crippen LogP contribution in [0, 0.1) is 17.6 Å². The minimum absolute atomic E-state index is 0.0564. The number of halogens is 4.